The zero-order valence-corrected chi connectivity index (χ0v) is 10.1. The Morgan fingerprint density at radius 3 is 2.92 bits per heavy atom. The van der Waals surface area contributed by atoms with Gasteiger partial charge < -0.3 is 5.32 Å². The molecular formula is C10H14BrNS. The minimum Gasteiger partial charge on any atom is -0.309 e. The van der Waals surface area contributed by atoms with Gasteiger partial charge in [-0.15, -0.1) is 11.3 Å². The van der Waals surface area contributed by atoms with Crippen LogP contribution in [-0.4, -0.2) is 6.04 Å². The lowest BCUT2D eigenvalue weighted by Gasteiger charge is -2.33. The first-order valence-corrected chi connectivity index (χ1v) is 6.37. The van der Waals surface area contributed by atoms with Gasteiger partial charge in [0.25, 0.3) is 0 Å². The van der Waals surface area contributed by atoms with E-state index in [9.17, 15) is 0 Å². The van der Waals surface area contributed by atoms with Gasteiger partial charge in [0.05, 0.1) is 0 Å². The van der Waals surface area contributed by atoms with Crippen molar-refractivity contribution in [2.24, 2.45) is 5.92 Å². The largest absolute Gasteiger partial charge is 0.309 e. The van der Waals surface area contributed by atoms with Gasteiger partial charge in [-0.25, -0.2) is 0 Å². The van der Waals surface area contributed by atoms with Crippen molar-refractivity contribution in [3.8, 4) is 0 Å². The maximum Gasteiger partial charge on any atom is 0.0302 e. The van der Waals surface area contributed by atoms with Gasteiger partial charge in [-0.05, 0) is 40.8 Å². The van der Waals surface area contributed by atoms with Crippen molar-refractivity contribution >= 4 is 27.3 Å². The molecule has 1 aliphatic rings. The highest BCUT2D eigenvalue weighted by molar-refractivity contribution is 9.10. The molecule has 1 heterocycles. The van der Waals surface area contributed by atoms with Crippen LogP contribution < -0.4 is 5.32 Å². The molecule has 0 amide bonds. The fourth-order valence-electron chi connectivity index (χ4n) is 1.76. The zero-order chi connectivity index (χ0) is 9.26. The second kappa shape index (κ2) is 4.11. The van der Waals surface area contributed by atoms with Gasteiger partial charge in [0, 0.05) is 27.3 Å². The third-order valence-electron chi connectivity index (χ3n) is 2.56. The molecule has 72 valence electrons. The SMILES string of the molecule is CC1CC(NCc2cc(Br)cs2)C1. The van der Waals surface area contributed by atoms with Crippen molar-refractivity contribution in [3.05, 3.63) is 20.8 Å². The van der Waals surface area contributed by atoms with Gasteiger partial charge in [-0.2, -0.15) is 0 Å². The summed E-state index contributed by atoms with van der Waals surface area (Å²) in [5.41, 5.74) is 0. The summed E-state index contributed by atoms with van der Waals surface area (Å²) < 4.78 is 1.20. The van der Waals surface area contributed by atoms with Crippen LogP contribution in [0, 0.1) is 5.92 Å². The summed E-state index contributed by atoms with van der Waals surface area (Å²) in [7, 11) is 0. The summed E-state index contributed by atoms with van der Waals surface area (Å²) in [6, 6.07) is 2.97. The highest BCUT2D eigenvalue weighted by Crippen LogP contribution is 2.27. The van der Waals surface area contributed by atoms with Gasteiger partial charge in [0.1, 0.15) is 0 Å². The molecule has 1 nitrogen and oxygen atoms in total. The fourth-order valence-corrected chi connectivity index (χ4v) is 3.16. The van der Waals surface area contributed by atoms with E-state index < -0.39 is 0 Å². The molecule has 1 aliphatic carbocycles. The van der Waals surface area contributed by atoms with E-state index in [4.69, 9.17) is 0 Å². The quantitative estimate of drug-likeness (QED) is 0.878. The van der Waals surface area contributed by atoms with E-state index in [0.29, 0.717) is 0 Å². The highest BCUT2D eigenvalue weighted by Gasteiger charge is 2.24. The van der Waals surface area contributed by atoms with Crippen molar-refractivity contribution in [2.45, 2.75) is 32.4 Å². The van der Waals surface area contributed by atoms with Gasteiger partial charge >= 0.3 is 0 Å². The Bertz CT molecular complexity index is 278. The molecule has 0 aromatic carbocycles. The van der Waals surface area contributed by atoms with Gasteiger partial charge in [0.2, 0.25) is 0 Å². The van der Waals surface area contributed by atoms with Crippen molar-refractivity contribution < 1.29 is 0 Å². The summed E-state index contributed by atoms with van der Waals surface area (Å²) in [6.45, 7) is 3.35. The minimum atomic E-state index is 0.774. The lowest BCUT2D eigenvalue weighted by Crippen LogP contribution is -2.39. The summed E-state index contributed by atoms with van der Waals surface area (Å²) >= 11 is 5.28. The van der Waals surface area contributed by atoms with E-state index in [0.717, 1.165) is 18.5 Å². The molecule has 1 N–H and O–H groups in total. The van der Waals surface area contributed by atoms with E-state index >= 15 is 0 Å². The third kappa shape index (κ3) is 2.55. The molecular weight excluding hydrogens is 246 g/mol. The number of nitrogens with one attached hydrogen (secondary N) is 1. The molecule has 3 heteroatoms. The van der Waals surface area contributed by atoms with Crippen molar-refractivity contribution in [1.82, 2.24) is 5.32 Å². The Balaban J connectivity index is 1.74. The second-order valence-corrected chi connectivity index (χ2v) is 5.80. The molecule has 0 atom stereocenters. The minimum absolute atomic E-state index is 0.774. The van der Waals surface area contributed by atoms with Crippen LogP contribution >= 0.6 is 27.3 Å². The molecule has 0 radical (unpaired) electrons. The van der Waals surface area contributed by atoms with E-state index in [-0.39, 0.29) is 0 Å². The van der Waals surface area contributed by atoms with Gasteiger partial charge in [-0.1, -0.05) is 6.92 Å². The first-order chi connectivity index (χ1) is 6.24. The second-order valence-electron chi connectivity index (χ2n) is 3.89. The summed E-state index contributed by atoms with van der Waals surface area (Å²) in [5.74, 6) is 0.938. The van der Waals surface area contributed by atoms with Gasteiger partial charge in [-0.3, -0.25) is 0 Å². The number of hydrogen-bond acceptors (Lipinski definition) is 2. The van der Waals surface area contributed by atoms with Crippen LogP contribution in [0.15, 0.2) is 15.9 Å². The van der Waals surface area contributed by atoms with Crippen LogP contribution in [0.3, 0.4) is 0 Å². The average Bonchev–Trinajstić information content (AvgIpc) is 2.43. The summed E-state index contributed by atoms with van der Waals surface area (Å²) in [5, 5.41) is 5.71. The Hall–Kier alpha value is 0.140. The molecule has 1 fully saturated rings. The molecule has 0 aliphatic heterocycles. The van der Waals surface area contributed by atoms with Crippen molar-refractivity contribution in [2.75, 3.05) is 0 Å². The fraction of sp³-hybridized carbons (Fsp3) is 0.600. The van der Waals surface area contributed by atoms with Crippen LogP contribution in [0.25, 0.3) is 0 Å². The molecule has 0 spiro atoms. The zero-order valence-electron chi connectivity index (χ0n) is 7.72. The molecule has 0 unspecified atom stereocenters. The molecule has 2 rings (SSSR count). The van der Waals surface area contributed by atoms with E-state index in [2.05, 4.69) is 39.6 Å². The maximum absolute atomic E-state index is 3.57. The van der Waals surface area contributed by atoms with Crippen LogP contribution in [0.2, 0.25) is 0 Å². The number of halogens is 1. The Labute approximate surface area is 91.7 Å². The Morgan fingerprint density at radius 1 is 1.62 bits per heavy atom. The molecule has 13 heavy (non-hydrogen) atoms. The number of hydrogen-bond donors (Lipinski definition) is 1. The van der Waals surface area contributed by atoms with Crippen LogP contribution in [-0.2, 0) is 6.54 Å². The van der Waals surface area contributed by atoms with Crippen molar-refractivity contribution in [1.29, 1.82) is 0 Å². The predicted octanol–water partition coefficient (Wildman–Crippen LogP) is 3.40. The van der Waals surface area contributed by atoms with Crippen LogP contribution in [0.5, 0.6) is 0 Å². The Kier molecular flexibility index (Phi) is 3.06. The van der Waals surface area contributed by atoms with E-state index in [1.54, 1.807) is 0 Å². The summed E-state index contributed by atoms with van der Waals surface area (Å²) in [4.78, 5) is 1.42. The smallest absolute Gasteiger partial charge is 0.0302 e. The van der Waals surface area contributed by atoms with Crippen LogP contribution in [0.4, 0.5) is 0 Å². The van der Waals surface area contributed by atoms with E-state index in [1.165, 1.54) is 22.2 Å². The standard InChI is InChI=1S/C10H14BrNS/c1-7-2-9(3-7)12-5-10-4-8(11)6-13-10/h4,6-7,9,12H,2-3,5H2,1H3. The monoisotopic (exact) mass is 259 g/mol. The molecule has 1 aromatic rings. The number of rotatable bonds is 3. The van der Waals surface area contributed by atoms with Gasteiger partial charge in [0.15, 0.2) is 0 Å². The maximum atomic E-state index is 3.57. The lowest BCUT2D eigenvalue weighted by molar-refractivity contribution is 0.241. The van der Waals surface area contributed by atoms with E-state index in [1.807, 2.05) is 11.3 Å². The summed E-state index contributed by atoms with van der Waals surface area (Å²) in [6.07, 6.45) is 2.71. The molecule has 0 bridgehead atoms. The first-order valence-electron chi connectivity index (χ1n) is 4.70. The Morgan fingerprint density at radius 2 is 2.38 bits per heavy atom. The number of thiophene rings is 1. The van der Waals surface area contributed by atoms with Crippen LogP contribution in [0.1, 0.15) is 24.6 Å². The predicted molar refractivity (Wildman–Crippen MR) is 61.0 cm³/mol. The first kappa shape index (κ1) is 9.69. The van der Waals surface area contributed by atoms with Crippen molar-refractivity contribution in [3.63, 3.8) is 0 Å². The molecule has 1 aromatic heterocycles. The normalized spacial score (nSPS) is 27.2. The molecule has 0 saturated heterocycles. The highest BCUT2D eigenvalue weighted by atomic mass is 79.9. The lowest BCUT2D eigenvalue weighted by atomic mass is 9.82. The average molecular weight is 260 g/mol. The molecule has 1 saturated carbocycles. The third-order valence-corrected chi connectivity index (χ3v) is 4.26. The topological polar surface area (TPSA) is 12.0 Å².